The minimum Gasteiger partial charge on any atom is -0.298 e. The molecule has 0 aliphatic heterocycles. The molecule has 0 N–H and O–H groups in total. The zero-order valence-electron chi connectivity index (χ0n) is 17.3. The second-order valence-corrected chi connectivity index (χ2v) is 7.76. The summed E-state index contributed by atoms with van der Waals surface area (Å²) in [6, 6.07) is 0. The molecule has 7 heteroatoms. The standard InChI is InChI=1S/2C10H18O3.Zr/c2*1-8(2)12-13-10(11)9-6-4-3-5-7-9;/h2*8-9H,3-7H2,1-2H3;. The van der Waals surface area contributed by atoms with E-state index in [0.717, 1.165) is 51.4 Å². The average Bonchev–Trinajstić information content (AvgIpc) is 2.66. The molecule has 2 rings (SSSR count). The molecule has 0 spiro atoms. The molecule has 0 bridgehead atoms. The maximum Gasteiger partial charge on any atom is 0.345 e. The van der Waals surface area contributed by atoms with Gasteiger partial charge >= 0.3 is 11.9 Å². The zero-order chi connectivity index (χ0) is 19.4. The molecule has 0 unspecified atom stereocenters. The summed E-state index contributed by atoms with van der Waals surface area (Å²) < 4.78 is 0. The topological polar surface area (TPSA) is 71.1 Å². The van der Waals surface area contributed by atoms with E-state index < -0.39 is 0 Å². The molecular weight excluding hydrogens is 427 g/mol. The van der Waals surface area contributed by atoms with Gasteiger partial charge in [0.1, 0.15) is 0 Å². The fourth-order valence-electron chi connectivity index (χ4n) is 3.10. The van der Waals surface area contributed by atoms with E-state index in [1.165, 1.54) is 12.8 Å². The quantitative estimate of drug-likeness (QED) is 0.412. The van der Waals surface area contributed by atoms with Crippen LogP contribution in [0.15, 0.2) is 0 Å². The molecular formula is C20H36O6Zr. The van der Waals surface area contributed by atoms with Gasteiger partial charge in [-0.25, -0.2) is 9.59 Å². The second kappa shape index (κ2) is 15.6. The summed E-state index contributed by atoms with van der Waals surface area (Å²) in [5, 5.41) is 0. The first-order valence-corrected chi connectivity index (χ1v) is 10.1. The largest absolute Gasteiger partial charge is 0.345 e. The van der Waals surface area contributed by atoms with Crippen LogP contribution in [0.3, 0.4) is 0 Å². The van der Waals surface area contributed by atoms with E-state index >= 15 is 0 Å². The monoisotopic (exact) mass is 462 g/mol. The van der Waals surface area contributed by atoms with Crippen LogP contribution in [0.25, 0.3) is 0 Å². The first-order valence-electron chi connectivity index (χ1n) is 10.1. The molecule has 6 nitrogen and oxygen atoms in total. The molecule has 0 radical (unpaired) electrons. The van der Waals surface area contributed by atoms with Crippen molar-refractivity contribution < 1.29 is 55.3 Å². The Morgan fingerprint density at radius 2 is 0.926 bits per heavy atom. The Bertz CT molecular complexity index is 363. The normalized spacial score (nSPS) is 18.3. The molecule has 2 fully saturated rings. The predicted octanol–water partition coefficient (Wildman–Crippen LogP) is 4.90. The number of carbonyl (C=O) groups excluding carboxylic acids is 2. The molecule has 0 aromatic rings. The van der Waals surface area contributed by atoms with Crippen molar-refractivity contribution in [1.82, 2.24) is 0 Å². The van der Waals surface area contributed by atoms with Crippen LogP contribution in [0.2, 0.25) is 0 Å². The van der Waals surface area contributed by atoms with Crippen LogP contribution in [0.4, 0.5) is 0 Å². The molecule has 0 heterocycles. The molecule has 2 saturated carbocycles. The van der Waals surface area contributed by atoms with Crippen molar-refractivity contribution in [2.75, 3.05) is 0 Å². The van der Waals surface area contributed by atoms with Crippen molar-refractivity contribution in [2.45, 2.75) is 104 Å². The van der Waals surface area contributed by atoms with Crippen LogP contribution < -0.4 is 0 Å². The van der Waals surface area contributed by atoms with Crippen molar-refractivity contribution in [3.63, 3.8) is 0 Å². The summed E-state index contributed by atoms with van der Waals surface area (Å²) in [7, 11) is 0. The van der Waals surface area contributed by atoms with Crippen LogP contribution >= 0.6 is 0 Å². The van der Waals surface area contributed by atoms with Gasteiger partial charge in [0.25, 0.3) is 0 Å². The van der Waals surface area contributed by atoms with Gasteiger partial charge in [0.15, 0.2) is 0 Å². The zero-order valence-corrected chi connectivity index (χ0v) is 19.8. The average molecular weight is 464 g/mol. The van der Waals surface area contributed by atoms with Crippen molar-refractivity contribution in [1.29, 1.82) is 0 Å². The summed E-state index contributed by atoms with van der Waals surface area (Å²) >= 11 is 0. The Morgan fingerprint density at radius 1 is 0.630 bits per heavy atom. The maximum atomic E-state index is 11.4. The van der Waals surface area contributed by atoms with Gasteiger partial charge < -0.3 is 0 Å². The third-order valence-corrected chi connectivity index (χ3v) is 4.52. The van der Waals surface area contributed by atoms with E-state index in [1.807, 2.05) is 27.7 Å². The van der Waals surface area contributed by atoms with Crippen LogP contribution in [-0.4, -0.2) is 24.1 Å². The summed E-state index contributed by atoms with van der Waals surface area (Å²) in [6.45, 7) is 7.37. The molecule has 0 atom stereocenters. The van der Waals surface area contributed by atoms with E-state index in [9.17, 15) is 9.59 Å². The van der Waals surface area contributed by atoms with Gasteiger partial charge in [-0.05, 0) is 53.4 Å². The molecule has 27 heavy (non-hydrogen) atoms. The third-order valence-electron chi connectivity index (χ3n) is 4.52. The SMILES string of the molecule is CC(C)OOC(=O)C1CCCCC1.CC(C)OOC(=O)C1CCCCC1.[Zr]. The Balaban J connectivity index is 0.000000483. The number of rotatable bonds is 6. The first kappa shape index (κ1) is 26.7. The Labute approximate surface area is 183 Å². The Hall–Kier alpha value is -0.257. The van der Waals surface area contributed by atoms with Crippen molar-refractivity contribution >= 4 is 11.9 Å². The predicted molar refractivity (Wildman–Crippen MR) is 97.8 cm³/mol. The fourth-order valence-corrected chi connectivity index (χ4v) is 3.10. The van der Waals surface area contributed by atoms with Gasteiger partial charge in [-0.1, -0.05) is 38.5 Å². The smallest absolute Gasteiger partial charge is 0.298 e. The number of carbonyl (C=O) groups is 2. The molecule has 0 aromatic heterocycles. The number of hydrogen-bond acceptors (Lipinski definition) is 6. The summed E-state index contributed by atoms with van der Waals surface area (Å²) in [5.74, 6) is -0.221. The van der Waals surface area contributed by atoms with E-state index in [1.54, 1.807) is 0 Å². The van der Waals surface area contributed by atoms with E-state index in [-0.39, 0.29) is 62.2 Å². The molecule has 0 aromatic carbocycles. The van der Waals surface area contributed by atoms with Crippen LogP contribution in [-0.2, 0) is 55.3 Å². The van der Waals surface area contributed by atoms with E-state index in [2.05, 4.69) is 0 Å². The number of hydrogen-bond donors (Lipinski definition) is 0. The summed E-state index contributed by atoms with van der Waals surface area (Å²) in [6.07, 6.45) is 10.8. The fraction of sp³-hybridized carbons (Fsp3) is 0.900. The minimum atomic E-state index is -0.187. The van der Waals surface area contributed by atoms with Crippen LogP contribution in [0.5, 0.6) is 0 Å². The van der Waals surface area contributed by atoms with Gasteiger partial charge in [0, 0.05) is 26.2 Å². The minimum absolute atomic E-state index is 0. The molecule has 2 aliphatic carbocycles. The van der Waals surface area contributed by atoms with Crippen molar-refractivity contribution in [2.24, 2.45) is 11.8 Å². The third kappa shape index (κ3) is 12.7. The van der Waals surface area contributed by atoms with E-state index in [4.69, 9.17) is 19.6 Å². The Kier molecular flexibility index (Phi) is 15.5. The summed E-state index contributed by atoms with van der Waals surface area (Å²) in [4.78, 5) is 41.7. The van der Waals surface area contributed by atoms with Crippen LogP contribution in [0, 0.1) is 11.8 Å². The maximum absolute atomic E-state index is 11.4. The molecule has 0 saturated heterocycles. The molecule has 2 aliphatic rings. The summed E-state index contributed by atoms with van der Waals surface area (Å²) in [5.41, 5.74) is 0. The van der Waals surface area contributed by atoms with Gasteiger partial charge in [-0.15, -0.1) is 0 Å². The van der Waals surface area contributed by atoms with Crippen LogP contribution in [0.1, 0.15) is 91.9 Å². The van der Waals surface area contributed by atoms with Gasteiger partial charge in [0.2, 0.25) is 0 Å². The van der Waals surface area contributed by atoms with Crippen molar-refractivity contribution in [3.8, 4) is 0 Å². The molecule has 0 amide bonds. The second-order valence-electron chi connectivity index (χ2n) is 7.76. The molecule has 156 valence electrons. The van der Waals surface area contributed by atoms with Gasteiger partial charge in [-0.3, -0.25) is 9.78 Å². The van der Waals surface area contributed by atoms with Crippen molar-refractivity contribution in [3.05, 3.63) is 0 Å². The first-order chi connectivity index (χ1) is 12.4. The van der Waals surface area contributed by atoms with Gasteiger partial charge in [0.05, 0.1) is 24.0 Å². The van der Waals surface area contributed by atoms with E-state index in [0.29, 0.717) is 0 Å². The Morgan fingerprint density at radius 3 is 1.19 bits per heavy atom. The van der Waals surface area contributed by atoms with Gasteiger partial charge in [-0.2, -0.15) is 9.78 Å².